The van der Waals surface area contributed by atoms with Gasteiger partial charge in [0.15, 0.2) is 6.10 Å². The van der Waals surface area contributed by atoms with Crippen LogP contribution in [0.25, 0.3) is 0 Å². The molecule has 1 unspecified atom stereocenters. The summed E-state index contributed by atoms with van der Waals surface area (Å²) in [5.41, 5.74) is 6.54. The predicted molar refractivity (Wildman–Crippen MR) is 95.5 cm³/mol. The van der Waals surface area contributed by atoms with E-state index in [2.05, 4.69) is 5.32 Å². The molecule has 6 nitrogen and oxygen atoms in total. The molecule has 0 radical (unpaired) electrons. The van der Waals surface area contributed by atoms with Gasteiger partial charge in [-0.1, -0.05) is 29.3 Å². The molecule has 0 aliphatic carbocycles. The normalized spacial score (nSPS) is 11.3. The summed E-state index contributed by atoms with van der Waals surface area (Å²) >= 11 is 11.7. The van der Waals surface area contributed by atoms with Gasteiger partial charge in [0.05, 0.1) is 27.9 Å². The molecule has 2 aromatic rings. The molecule has 0 bridgehead atoms. The zero-order valence-electron chi connectivity index (χ0n) is 13.0. The molecule has 0 spiro atoms. The van der Waals surface area contributed by atoms with Crippen molar-refractivity contribution in [1.82, 2.24) is 0 Å². The number of nitrogen functional groups attached to an aromatic ring is 1. The number of hydrogen-bond donors (Lipinski definition) is 2. The van der Waals surface area contributed by atoms with Crippen molar-refractivity contribution in [3.05, 3.63) is 57.6 Å². The van der Waals surface area contributed by atoms with E-state index in [0.29, 0.717) is 11.3 Å². The Morgan fingerprint density at radius 3 is 2.68 bits per heavy atom. The summed E-state index contributed by atoms with van der Waals surface area (Å²) in [6, 6.07) is 11.0. The van der Waals surface area contributed by atoms with Crippen LogP contribution in [0.5, 0.6) is 0 Å². The first-order valence-corrected chi connectivity index (χ1v) is 7.84. The van der Waals surface area contributed by atoms with Gasteiger partial charge in [-0.3, -0.25) is 4.79 Å². The Morgan fingerprint density at radius 2 is 2.00 bits per heavy atom. The highest BCUT2D eigenvalue weighted by atomic mass is 35.5. The summed E-state index contributed by atoms with van der Waals surface area (Å²) < 4.78 is 5.10. The third-order valence-corrected chi connectivity index (χ3v) is 3.76. The van der Waals surface area contributed by atoms with Crippen molar-refractivity contribution in [2.24, 2.45) is 0 Å². The van der Waals surface area contributed by atoms with E-state index < -0.39 is 18.0 Å². The summed E-state index contributed by atoms with van der Waals surface area (Å²) in [7, 11) is 0. The third-order valence-electron chi connectivity index (χ3n) is 3.23. The highest BCUT2D eigenvalue weighted by molar-refractivity contribution is 6.37. The van der Waals surface area contributed by atoms with Crippen LogP contribution in [0.1, 0.15) is 22.8 Å². The summed E-state index contributed by atoms with van der Waals surface area (Å²) in [5, 5.41) is 11.8. The molecule has 1 amide bonds. The van der Waals surface area contributed by atoms with E-state index in [1.807, 2.05) is 6.07 Å². The molecule has 2 aromatic carbocycles. The van der Waals surface area contributed by atoms with Gasteiger partial charge in [-0.2, -0.15) is 5.26 Å². The van der Waals surface area contributed by atoms with Crippen molar-refractivity contribution in [3.8, 4) is 6.07 Å². The van der Waals surface area contributed by atoms with Crippen molar-refractivity contribution in [1.29, 1.82) is 5.26 Å². The number of nitrogens with two attached hydrogens (primary N) is 1. The third kappa shape index (κ3) is 4.63. The largest absolute Gasteiger partial charge is 0.449 e. The first kappa shape index (κ1) is 18.6. The summed E-state index contributed by atoms with van der Waals surface area (Å²) in [5.74, 6) is -1.38. The minimum atomic E-state index is -1.10. The number of rotatable bonds is 4. The number of carbonyl (C=O) groups excluding carboxylic acids is 2. The molecule has 0 aliphatic heterocycles. The number of halogens is 2. The maximum atomic E-state index is 12.2. The standard InChI is InChI=1S/C17H13Cl2N3O3/c1-9(16(23)22-12-4-2-3-10(5-12)8-20)25-17(24)13-6-11(18)7-14(19)15(13)21/h2-7,9H,21H2,1H3,(H,22,23). The van der Waals surface area contributed by atoms with Crippen LogP contribution in [0.2, 0.25) is 10.0 Å². The van der Waals surface area contributed by atoms with Gasteiger partial charge < -0.3 is 15.8 Å². The van der Waals surface area contributed by atoms with E-state index in [4.69, 9.17) is 38.9 Å². The lowest BCUT2D eigenvalue weighted by Crippen LogP contribution is -2.30. The summed E-state index contributed by atoms with van der Waals surface area (Å²) in [6.07, 6.45) is -1.10. The smallest absolute Gasteiger partial charge is 0.341 e. The fourth-order valence-corrected chi connectivity index (χ4v) is 2.44. The Hall–Kier alpha value is -2.75. The number of nitriles is 1. The summed E-state index contributed by atoms with van der Waals surface area (Å²) in [6.45, 7) is 1.41. The molecule has 3 N–H and O–H groups in total. The number of benzene rings is 2. The van der Waals surface area contributed by atoms with Crippen LogP contribution >= 0.6 is 23.2 Å². The molecule has 0 aromatic heterocycles. The summed E-state index contributed by atoms with van der Waals surface area (Å²) in [4.78, 5) is 24.3. The average molecular weight is 378 g/mol. The van der Waals surface area contributed by atoms with Gasteiger partial charge in [-0.25, -0.2) is 4.79 Å². The minimum Gasteiger partial charge on any atom is -0.449 e. The lowest BCUT2D eigenvalue weighted by molar-refractivity contribution is -0.123. The highest BCUT2D eigenvalue weighted by Gasteiger charge is 2.22. The zero-order valence-corrected chi connectivity index (χ0v) is 14.6. The fraction of sp³-hybridized carbons (Fsp3) is 0.118. The molecule has 8 heteroatoms. The SMILES string of the molecule is CC(OC(=O)c1cc(Cl)cc(Cl)c1N)C(=O)Nc1cccc(C#N)c1. The second-order valence-electron chi connectivity index (χ2n) is 5.08. The highest BCUT2D eigenvalue weighted by Crippen LogP contribution is 2.28. The number of carbonyl (C=O) groups is 2. The van der Waals surface area contributed by atoms with Crippen LogP contribution in [0.3, 0.4) is 0 Å². The van der Waals surface area contributed by atoms with E-state index in [1.54, 1.807) is 18.2 Å². The van der Waals surface area contributed by atoms with Gasteiger partial charge in [0.2, 0.25) is 0 Å². The number of ether oxygens (including phenoxy) is 1. The first-order chi connectivity index (χ1) is 11.8. The van der Waals surface area contributed by atoms with Gasteiger partial charge >= 0.3 is 5.97 Å². The van der Waals surface area contributed by atoms with Crippen molar-refractivity contribution < 1.29 is 14.3 Å². The Labute approximate surface area is 154 Å². The second kappa shape index (κ2) is 7.88. The van der Waals surface area contributed by atoms with Crippen molar-refractivity contribution in [2.45, 2.75) is 13.0 Å². The number of hydrogen-bond acceptors (Lipinski definition) is 5. The molecule has 0 saturated carbocycles. The molecule has 0 heterocycles. The van der Waals surface area contributed by atoms with E-state index in [9.17, 15) is 9.59 Å². The van der Waals surface area contributed by atoms with Crippen LogP contribution in [-0.2, 0) is 9.53 Å². The molecular formula is C17H13Cl2N3O3. The monoisotopic (exact) mass is 377 g/mol. The van der Waals surface area contributed by atoms with Crippen LogP contribution in [0, 0.1) is 11.3 Å². The Kier molecular flexibility index (Phi) is 5.86. The van der Waals surface area contributed by atoms with Gasteiger partial charge in [0.1, 0.15) is 0 Å². The van der Waals surface area contributed by atoms with Crippen LogP contribution < -0.4 is 11.1 Å². The van der Waals surface area contributed by atoms with Gasteiger partial charge in [-0.15, -0.1) is 0 Å². The fourth-order valence-electron chi connectivity index (χ4n) is 1.94. The van der Waals surface area contributed by atoms with Crippen molar-refractivity contribution in [2.75, 3.05) is 11.1 Å². The number of anilines is 2. The molecule has 25 heavy (non-hydrogen) atoms. The van der Waals surface area contributed by atoms with Crippen molar-refractivity contribution in [3.63, 3.8) is 0 Å². The molecule has 0 saturated heterocycles. The second-order valence-corrected chi connectivity index (χ2v) is 5.92. The van der Waals surface area contributed by atoms with Crippen LogP contribution in [0.4, 0.5) is 11.4 Å². The van der Waals surface area contributed by atoms with Gasteiger partial charge in [0.25, 0.3) is 5.91 Å². The lowest BCUT2D eigenvalue weighted by atomic mass is 10.2. The number of esters is 1. The van der Waals surface area contributed by atoms with E-state index >= 15 is 0 Å². The van der Waals surface area contributed by atoms with E-state index in [0.717, 1.165) is 0 Å². The maximum absolute atomic E-state index is 12.2. The quantitative estimate of drug-likeness (QED) is 0.624. The van der Waals surface area contributed by atoms with Crippen molar-refractivity contribution >= 4 is 46.5 Å². The Bertz CT molecular complexity index is 878. The van der Waals surface area contributed by atoms with E-state index in [-0.39, 0.29) is 21.3 Å². The maximum Gasteiger partial charge on any atom is 0.341 e. The van der Waals surface area contributed by atoms with Gasteiger partial charge in [-0.05, 0) is 37.3 Å². The molecular weight excluding hydrogens is 365 g/mol. The molecule has 128 valence electrons. The lowest BCUT2D eigenvalue weighted by Gasteiger charge is -2.15. The molecule has 1 atom stereocenters. The van der Waals surface area contributed by atoms with Gasteiger partial charge in [0, 0.05) is 10.7 Å². The predicted octanol–water partition coefficient (Wildman–Crippen LogP) is 3.63. The van der Waals surface area contributed by atoms with Crippen LogP contribution in [-0.4, -0.2) is 18.0 Å². The topological polar surface area (TPSA) is 105 Å². The molecule has 0 fully saturated rings. The average Bonchev–Trinajstić information content (AvgIpc) is 2.57. The number of nitrogens with zero attached hydrogens (tertiary/aromatic N) is 1. The van der Waals surface area contributed by atoms with Crippen LogP contribution in [0.15, 0.2) is 36.4 Å². The molecule has 0 aliphatic rings. The number of amides is 1. The Balaban J connectivity index is 2.08. The minimum absolute atomic E-state index is 0.0189. The molecule has 2 rings (SSSR count). The number of nitrogens with one attached hydrogen (secondary N) is 1. The van der Waals surface area contributed by atoms with E-state index in [1.165, 1.54) is 25.1 Å². The first-order valence-electron chi connectivity index (χ1n) is 7.08. The zero-order chi connectivity index (χ0) is 18.6. The Morgan fingerprint density at radius 1 is 1.28 bits per heavy atom.